The second-order valence-corrected chi connectivity index (χ2v) is 2.91. The van der Waals surface area contributed by atoms with Gasteiger partial charge in [-0.2, -0.15) is 0 Å². The van der Waals surface area contributed by atoms with Crippen LogP contribution in [0.2, 0.25) is 0 Å². The SMILES string of the molecule is O=C(O)c1ccccc1.OCc1ccco1. The third kappa shape index (κ3) is 3.98. The highest BCUT2D eigenvalue weighted by Crippen LogP contribution is 1.97. The van der Waals surface area contributed by atoms with Gasteiger partial charge < -0.3 is 14.6 Å². The summed E-state index contributed by atoms with van der Waals surface area (Å²) in [6.45, 7) is -0.00694. The van der Waals surface area contributed by atoms with Crippen LogP contribution in [0.4, 0.5) is 0 Å². The summed E-state index contributed by atoms with van der Waals surface area (Å²) in [4.78, 5) is 10.2. The number of aliphatic hydroxyl groups excluding tert-OH is 1. The Bertz CT molecular complexity index is 406. The molecule has 1 heterocycles. The van der Waals surface area contributed by atoms with Crippen LogP contribution in [0.5, 0.6) is 0 Å². The predicted molar refractivity (Wildman–Crippen MR) is 58.0 cm³/mol. The standard InChI is InChI=1S/C7H6O2.C5H6O2/c8-7(9)6-4-2-1-3-5-6;6-4-5-2-1-3-7-5/h1-5H,(H,8,9);1-3,6H,4H2. The topological polar surface area (TPSA) is 70.7 Å². The minimum absolute atomic E-state index is 0.00694. The van der Waals surface area contributed by atoms with Gasteiger partial charge in [0.1, 0.15) is 12.4 Å². The molecule has 2 rings (SSSR count). The Morgan fingerprint density at radius 2 is 1.81 bits per heavy atom. The van der Waals surface area contributed by atoms with Gasteiger partial charge in [0.05, 0.1) is 11.8 Å². The summed E-state index contributed by atoms with van der Waals surface area (Å²) in [5.41, 5.74) is 0.331. The highest BCUT2D eigenvalue weighted by atomic mass is 16.4. The van der Waals surface area contributed by atoms with E-state index in [-0.39, 0.29) is 6.61 Å². The molecule has 0 fully saturated rings. The number of carboxylic acids is 1. The van der Waals surface area contributed by atoms with Gasteiger partial charge in [-0.3, -0.25) is 0 Å². The molecule has 1 aromatic heterocycles. The molecule has 0 atom stereocenters. The van der Waals surface area contributed by atoms with Crippen molar-refractivity contribution in [2.75, 3.05) is 0 Å². The smallest absolute Gasteiger partial charge is 0.335 e. The molecule has 4 nitrogen and oxygen atoms in total. The summed E-state index contributed by atoms with van der Waals surface area (Å²) in [6.07, 6.45) is 1.53. The van der Waals surface area contributed by atoms with Crippen molar-refractivity contribution in [1.29, 1.82) is 0 Å². The second kappa shape index (κ2) is 6.42. The van der Waals surface area contributed by atoms with Crippen LogP contribution < -0.4 is 0 Å². The quantitative estimate of drug-likeness (QED) is 0.813. The first kappa shape index (κ1) is 12.0. The number of carbonyl (C=O) groups is 1. The summed E-state index contributed by atoms with van der Waals surface area (Å²) >= 11 is 0. The van der Waals surface area contributed by atoms with Crippen LogP contribution >= 0.6 is 0 Å². The summed E-state index contributed by atoms with van der Waals surface area (Å²) in [5, 5.41) is 16.7. The molecule has 0 amide bonds. The highest BCUT2D eigenvalue weighted by molar-refractivity contribution is 5.87. The van der Waals surface area contributed by atoms with E-state index < -0.39 is 5.97 Å². The molecule has 4 heteroatoms. The zero-order valence-corrected chi connectivity index (χ0v) is 8.54. The van der Waals surface area contributed by atoms with Gasteiger partial charge in [0.2, 0.25) is 0 Å². The Balaban J connectivity index is 0.000000165. The van der Waals surface area contributed by atoms with E-state index >= 15 is 0 Å². The zero-order chi connectivity index (χ0) is 11.8. The Hall–Kier alpha value is -2.07. The van der Waals surface area contributed by atoms with Crippen LogP contribution in [0.1, 0.15) is 16.1 Å². The molecule has 16 heavy (non-hydrogen) atoms. The largest absolute Gasteiger partial charge is 0.478 e. The van der Waals surface area contributed by atoms with E-state index in [1.807, 2.05) is 0 Å². The fraction of sp³-hybridized carbons (Fsp3) is 0.0833. The number of carboxylic acid groups (broad SMARTS) is 1. The minimum Gasteiger partial charge on any atom is -0.478 e. The maximum Gasteiger partial charge on any atom is 0.335 e. The first-order valence-corrected chi connectivity index (χ1v) is 4.65. The number of aliphatic hydroxyl groups is 1. The molecule has 0 saturated carbocycles. The molecule has 2 N–H and O–H groups in total. The summed E-state index contributed by atoms with van der Waals surface area (Å²) < 4.78 is 4.73. The third-order valence-corrected chi connectivity index (χ3v) is 1.76. The molecule has 0 saturated heterocycles. The van der Waals surface area contributed by atoms with Crippen molar-refractivity contribution in [2.24, 2.45) is 0 Å². The van der Waals surface area contributed by atoms with Gasteiger partial charge in [0.15, 0.2) is 0 Å². The van der Waals surface area contributed by atoms with Crippen LogP contribution in [0.3, 0.4) is 0 Å². The van der Waals surface area contributed by atoms with E-state index in [1.54, 1.807) is 42.5 Å². The van der Waals surface area contributed by atoms with Crippen molar-refractivity contribution in [3.05, 3.63) is 60.1 Å². The molecule has 2 aromatic rings. The van der Waals surface area contributed by atoms with E-state index in [2.05, 4.69) is 0 Å². The van der Waals surface area contributed by atoms with Crippen LogP contribution in [0.25, 0.3) is 0 Å². The fourth-order valence-corrected chi connectivity index (χ4v) is 0.983. The van der Waals surface area contributed by atoms with Gasteiger partial charge in [0, 0.05) is 0 Å². The van der Waals surface area contributed by atoms with Crippen molar-refractivity contribution < 1.29 is 19.4 Å². The van der Waals surface area contributed by atoms with Gasteiger partial charge in [-0.25, -0.2) is 4.79 Å². The molecule has 0 aliphatic carbocycles. The Kier molecular flexibility index (Phi) is 4.82. The number of hydrogen-bond donors (Lipinski definition) is 2. The number of aromatic carboxylic acids is 1. The van der Waals surface area contributed by atoms with Crippen LogP contribution in [-0.2, 0) is 6.61 Å². The summed E-state index contributed by atoms with van der Waals surface area (Å²) in [5.74, 6) is -0.268. The second-order valence-electron chi connectivity index (χ2n) is 2.91. The average Bonchev–Trinajstić information content (AvgIpc) is 2.84. The average molecular weight is 220 g/mol. The molecule has 84 valence electrons. The Morgan fingerprint density at radius 3 is 2.12 bits per heavy atom. The molecule has 0 spiro atoms. The van der Waals surface area contributed by atoms with Crippen molar-refractivity contribution in [1.82, 2.24) is 0 Å². The molecular weight excluding hydrogens is 208 g/mol. The lowest BCUT2D eigenvalue weighted by atomic mass is 10.2. The monoisotopic (exact) mass is 220 g/mol. The highest BCUT2D eigenvalue weighted by Gasteiger charge is 1.96. The Labute approximate surface area is 92.8 Å². The minimum atomic E-state index is -0.879. The number of furan rings is 1. The number of benzene rings is 1. The third-order valence-electron chi connectivity index (χ3n) is 1.76. The van der Waals surface area contributed by atoms with Crippen molar-refractivity contribution in [3.63, 3.8) is 0 Å². The van der Waals surface area contributed by atoms with E-state index in [4.69, 9.17) is 14.6 Å². The lowest BCUT2D eigenvalue weighted by Gasteiger charge is -1.88. The normalized spacial score (nSPS) is 9.06. The van der Waals surface area contributed by atoms with Gasteiger partial charge in [-0.15, -0.1) is 0 Å². The lowest BCUT2D eigenvalue weighted by Crippen LogP contribution is -1.93. The van der Waals surface area contributed by atoms with Gasteiger partial charge in [-0.1, -0.05) is 18.2 Å². The first-order valence-electron chi connectivity index (χ1n) is 4.65. The molecule has 0 unspecified atom stereocenters. The van der Waals surface area contributed by atoms with Gasteiger partial charge in [-0.05, 0) is 24.3 Å². The molecule has 1 aromatic carbocycles. The van der Waals surface area contributed by atoms with Crippen molar-refractivity contribution in [3.8, 4) is 0 Å². The van der Waals surface area contributed by atoms with Crippen molar-refractivity contribution >= 4 is 5.97 Å². The summed E-state index contributed by atoms with van der Waals surface area (Å²) in [6, 6.07) is 11.8. The lowest BCUT2D eigenvalue weighted by molar-refractivity contribution is 0.0697. The number of hydrogen-bond acceptors (Lipinski definition) is 3. The van der Waals surface area contributed by atoms with Crippen LogP contribution in [0, 0.1) is 0 Å². The van der Waals surface area contributed by atoms with E-state index in [9.17, 15) is 4.79 Å². The predicted octanol–water partition coefficient (Wildman–Crippen LogP) is 2.16. The summed E-state index contributed by atoms with van der Waals surface area (Å²) in [7, 11) is 0. The zero-order valence-electron chi connectivity index (χ0n) is 8.54. The van der Waals surface area contributed by atoms with Crippen LogP contribution in [0.15, 0.2) is 53.1 Å². The molecular formula is C12H12O4. The maximum atomic E-state index is 10.2. The maximum absolute atomic E-state index is 10.2. The first-order chi connectivity index (χ1) is 7.74. The van der Waals surface area contributed by atoms with Crippen LogP contribution in [-0.4, -0.2) is 16.2 Å². The molecule has 0 aliphatic rings. The molecule has 0 aliphatic heterocycles. The van der Waals surface area contributed by atoms with E-state index in [0.717, 1.165) is 0 Å². The van der Waals surface area contributed by atoms with Gasteiger partial charge >= 0.3 is 5.97 Å². The molecule has 0 radical (unpaired) electrons. The van der Waals surface area contributed by atoms with Crippen molar-refractivity contribution in [2.45, 2.75) is 6.61 Å². The Morgan fingerprint density at radius 1 is 1.12 bits per heavy atom. The van der Waals surface area contributed by atoms with E-state index in [1.165, 1.54) is 6.26 Å². The number of rotatable bonds is 2. The fourth-order valence-electron chi connectivity index (χ4n) is 0.983. The van der Waals surface area contributed by atoms with Gasteiger partial charge in [0.25, 0.3) is 0 Å². The molecule has 0 bridgehead atoms. The van der Waals surface area contributed by atoms with E-state index in [0.29, 0.717) is 11.3 Å².